The molecule has 0 unspecified atom stereocenters. The van der Waals surface area contributed by atoms with E-state index in [1.54, 1.807) is 25.7 Å². The number of hydrogen-bond donors (Lipinski definition) is 2. The highest BCUT2D eigenvalue weighted by Crippen LogP contribution is 2.34. The molecule has 5 rings (SSSR count). The topological polar surface area (TPSA) is 101 Å². The Morgan fingerprint density at radius 3 is 2.72 bits per heavy atom. The van der Waals surface area contributed by atoms with Crippen molar-refractivity contribution in [2.45, 2.75) is 6.92 Å². The van der Waals surface area contributed by atoms with Gasteiger partial charge in [-0.25, -0.2) is 19.9 Å². The molecule has 1 aliphatic heterocycles. The number of hydrogen-bond acceptors (Lipinski definition) is 9. The van der Waals surface area contributed by atoms with Crippen LogP contribution >= 0.6 is 0 Å². The number of fused-ring (bicyclic) bond motifs is 1. The summed E-state index contributed by atoms with van der Waals surface area (Å²) in [6, 6.07) is 9.67. The van der Waals surface area contributed by atoms with E-state index in [1.165, 1.54) is 0 Å². The number of piperazine rings is 1. The van der Waals surface area contributed by atoms with Crippen molar-refractivity contribution in [2.75, 3.05) is 43.5 Å². The van der Waals surface area contributed by atoms with Gasteiger partial charge in [-0.15, -0.1) is 0 Å². The van der Waals surface area contributed by atoms with E-state index < -0.39 is 0 Å². The maximum absolute atomic E-state index is 5.59. The van der Waals surface area contributed by atoms with Crippen LogP contribution in [0.2, 0.25) is 0 Å². The Morgan fingerprint density at radius 2 is 1.91 bits per heavy atom. The number of aryl methyl sites for hydroxylation is 1. The molecule has 32 heavy (non-hydrogen) atoms. The number of pyridine rings is 3. The summed E-state index contributed by atoms with van der Waals surface area (Å²) in [4.78, 5) is 25.3. The van der Waals surface area contributed by atoms with Crippen molar-refractivity contribution < 1.29 is 4.74 Å². The molecule has 0 bridgehead atoms. The molecule has 0 atom stereocenters. The lowest BCUT2D eigenvalue weighted by Gasteiger charge is -2.29. The zero-order chi connectivity index (χ0) is 21.9. The van der Waals surface area contributed by atoms with Gasteiger partial charge in [-0.1, -0.05) is 6.07 Å². The molecule has 5 heterocycles. The average molecular weight is 429 g/mol. The Balaban J connectivity index is 1.58. The van der Waals surface area contributed by atoms with Gasteiger partial charge in [0.05, 0.1) is 30.4 Å². The molecule has 9 heteroatoms. The number of ether oxygens (including phenoxy) is 1. The monoisotopic (exact) mass is 428 g/mol. The molecule has 1 saturated heterocycles. The Bertz CT molecular complexity index is 1260. The third kappa shape index (κ3) is 4.02. The lowest BCUT2D eigenvalue weighted by atomic mass is 10.2. The summed E-state index contributed by atoms with van der Waals surface area (Å²) in [5.74, 6) is 3.56. The van der Waals surface area contributed by atoms with Gasteiger partial charge in [0.25, 0.3) is 0 Å². The Morgan fingerprint density at radius 1 is 1.03 bits per heavy atom. The van der Waals surface area contributed by atoms with Crippen molar-refractivity contribution in [1.82, 2.24) is 30.2 Å². The summed E-state index contributed by atoms with van der Waals surface area (Å²) in [6.45, 7) is 5.48. The fourth-order valence-corrected chi connectivity index (χ4v) is 3.81. The van der Waals surface area contributed by atoms with Crippen molar-refractivity contribution in [2.24, 2.45) is 0 Å². The lowest BCUT2D eigenvalue weighted by molar-refractivity contribution is 0.418. The number of aromatic nitrogens is 5. The average Bonchev–Trinajstić information content (AvgIpc) is 2.83. The first-order chi connectivity index (χ1) is 15.7. The quantitative estimate of drug-likeness (QED) is 0.497. The molecule has 2 N–H and O–H groups in total. The molecule has 0 radical (unpaired) electrons. The molecule has 0 aliphatic carbocycles. The van der Waals surface area contributed by atoms with Crippen LogP contribution in [-0.4, -0.2) is 58.2 Å². The standard InChI is InChI=1S/C23H24N8O/c1-15-4-3-5-19(27-15)29-20-12-16(6-7-26-20)22-28-17-13-25-14-18(32-2)21(17)23(30-22)31-10-8-24-9-11-31/h3-7,12-14,24H,8-11H2,1-2H3,(H,26,27,29). The third-order valence-electron chi connectivity index (χ3n) is 5.35. The SMILES string of the molecule is COc1cncc2nc(-c3ccnc(Nc4cccc(C)n4)c3)nc(N3CCNCC3)c12. The van der Waals surface area contributed by atoms with E-state index in [9.17, 15) is 0 Å². The van der Waals surface area contributed by atoms with Gasteiger partial charge in [0.2, 0.25) is 0 Å². The van der Waals surface area contributed by atoms with Gasteiger partial charge in [0, 0.05) is 43.6 Å². The second-order valence-corrected chi connectivity index (χ2v) is 7.56. The highest BCUT2D eigenvalue weighted by Gasteiger charge is 2.20. The van der Waals surface area contributed by atoms with E-state index in [1.807, 2.05) is 37.3 Å². The molecule has 9 nitrogen and oxygen atoms in total. The first kappa shape index (κ1) is 20.1. The molecular weight excluding hydrogens is 404 g/mol. The van der Waals surface area contributed by atoms with Gasteiger partial charge >= 0.3 is 0 Å². The molecule has 4 aromatic heterocycles. The van der Waals surface area contributed by atoms with Crippen molar-refractivity contribution in [3.63, 3.8) is 0 Å². The largest absolute Gasteiger partial charge is 0.494 e. The van der Waals surface area contributed by atoms with Crippen molar-refractivity contribution >= 4 is 28.4 Å². The van der Waals surface area contributed by atoms with Gasteiger partial charge in [0.15, 0.2) is 5.82 Å². The van der Waals surface area contributed by atoms with Crippen LogP contribution in [-0.2, 0) is 0 Å². The summed E-state index contributed by atoms with van der Waals surface area (Å²) in [6.07, 6.45) is 5.21. The van der Waals surface area contributed by atoms with Crippen LogP contribution in [0, 0.1) is 6.92 Å². The van der Waals surface area contributed by atoms with E-state index >= 15 is 0 Å². The molecule has 1 fully saturated rings. The first-order valence-corrected chi connectivity index (χ1v) is 10.5. The number of rotatable bonds is 5. The van der Waals surface area contributed by atoms with Crippen LogP contribution < -0.4 is 20.3 Å². The minimum Gasteiger partial charge on any atom is -0.494 e. The summed E-state index contributed by atoms with van der Waals surface area (Å²) < 4.78 is 5.59. The molecule has 162 valence electrons. The van der Waals surface area contributed by atoms with Crippen LogP contribution in [0.5, 0.6) is 5.75 Å². The van der Waals surface area contributed by atoms with Gasteiger partial charge in [-0.05, 0) is 31.2 Å². The fraction of sp³-hybridized carbons (Fsp3) is 0.261. The van der Waals surface area contributed by atoms with Gasteiger partial charge < -0.3 is 20.3 Å². The van der Waals surface area contributed by atoms with E-state index in [0.717, 1.165) is 60.0 Å². The summed E-state index contributed by atoms with van der Waals surface area (Å²) in [7, 11) is 1.64. The summed E-state index contributed by atoms with van der Waals surface area (Å²) >= 11 is 0. The van der Waals surface area contributed by atoms with Gasteiger partial charge in [0.1, 0.15) is 23.2 Å². The van der Waals surface area contributed by atoms with Crippen LogP contribution in [0.15, 0.2) is 48.9 Å². The summed E-state index contributed by atoms with van der Waals surface area (Å²) in [5, 5.41) is 7.53. The van der Waals surface area contributed by atoms with Crippen molar-refractivity contribution in [3.05, 3.63) is 54.6 Å². The molecule has 0 saturated carbocycles. The highest BCUT2D eigenvalue weighted by molar-refractivity contribution is 5.95. The second-order valence-electron chi connectivity index (χ2n) is 7.56. The molecule has 1 aliphatic rings. The van der Waals surface area contributed by atoms with E-state index in [-0.39, 0.29) is 0 Å². The number of methoxy groups -OCH3 is 1. The molecule has 0 aromatic carbocycles. The predicted octanol–water partition coefficient (Wildman–Crippen LogP) is 2.95. The smallest absolute Gasteiger partial charge is 0.162 e. The van der Waals surface area contributed by atoms with Crippen LogP contribution in [0.4, 0.5) is 17.5 Å². The van der Waals surface area contributed by atoms with Crippen LogP contribution in [0.3, 0.4) is 0 Å². The van der Waals surface area contributed by atoms with Crippen LogP contribution in [0.25, 0.3) is 22.3 Å². The lowest BCUT2D eigenvalue weighted by Crippen LogP contribution is -2.44. The highest BCUT2D eigenvalue weighted by atomic mass is 16.5. The van der Waals surface area contributed by atoms with Crippen molar-refractivity contribution in [3.8, 4) is 17.1 Å². The number of nitrogens with one attached hydrogen (secondary N) is 2. The summed E-state index contributed by atoms with van der Waals surface area (Å²) in [5.41, 5.74) is 2.54. The molecule has 0 amide bonds. The normalized spacial score (nSPS) is 13.9. The number of anilines is 3. The zero-order valence-corrected chi connectivity index (χ0v) is 18.0. The number of nitrogens with zero attached hydrogens (tertiary/aromatic N) is 6. The van der Waals surface area contributed by atoms with E-state index in [2.05, 4.69) is 30.5 Å². The van der Waals surface area contributed by atoms with Crippen molar-refractivity contribution in [1.29, 1.82) is 0 Å². The first-order valence-electron chi connectivity index (χ1n) is 10.5. The van der Waals surface area contributed by atoms with Gasteiger partial charge in [-0.2, -0.15) is 0 Å². The maximum Gasteiger partial charge on any atom is 0.162 e. The Kier molecular flexibility index (Phi) is 5.47. The fourth-order valence-electron chi connectivity index (χ4n) is 3.81. The van der Waals surface area contributed by atoms with Gasteiger partial charge in [-0.3, -0.25) is 4.98 Å². The van der Waals surface area contributed by atoms with E-state index in [4.69, 9.17) is 14.7 Å². The zero-order valence-electron chi connectivity index (χ0n) is 18.0. The maximum atomic E-state index is 5.59. The molecule has 4 aromatic rings. The molecule has 0 spiro atoms. The second kappa shape index (κ2) is 8.72. The Labute approximate surface area is 185 Å². The van der Waals surface area contributed by atoms with E-state index in [0.29, 0.717) is 17.4 Å². The minimum absolute atomic E-state index is 0.615. The Hall–Kier alpha value is -3.85. The van der Waals surface area contributed by atoms with Crippen LogP contribution in [0.1, 0.15) is 5.69 Å². The third-order valence-corrected chi connectivity index (χ3v) is 5.35. The predicted molar refractivity (Wildman–Crippen MR) is 124 cm³/mol. The molecular formula is C23H24N8O. The minimum atomic E-state index is 0.615.